The molecule has 0 aliphatic carbocycles. The van der Waals surface area contributed by atoms with Crippen molar-refractivity contribution < 1.29 is 14.3 Å². The molecule has 160 valence electrons. The van der Waals surface area contributed by atoms with Gasteiger partial charge in [0.2, 0.25) is 5.78 Å². The number of Topliss-reactive ketones (excluding diaryl/α,β-unsaturated/α-hetero) is 1. The monoisotopic (exact) mass is 443 g/mol. The summed E-state index contributed by atoms with van der Waals surface area (Å²) in [7, 11) is 0. The van der Waals surface area contributed by atoms with Crippen molar-refractivity contribution in [3.63, 3.8) is 0 Å². The highest BCUT2D eigenvalue weighted by molar-refractivity contribution is 6.31. The van der Waals surface area contributed by atoms with Crippen LogP contribution in [0.25, 0.3) is 17.0 Å². The number of ketones is 1. The van der Waals surface area contributed by atoms with Crippen LogP contribution in [0.15, 0.2) is 72.6 Å². The van der Waals surface area contributed by atoms with Crippen molar-refractivity contribution in [2.45, 2.75) is 27.0 Å². The van der Waals surface area contributed by atoms with Crippen molar-refractivity contribution in [2.24, 2.45) is 0 Å². The van der Waals surface area contributed by atoms with E-state index in [2.05, 4.69) is 29.8 Å². The first kappa shape index (κ1) is 20.4. The van der Waals surface area contributed by atoms with Gasteiger partial charge in [-0.2, -0.15) is 0 Å². The van der Waals surface area contributed by atoms with Gasteiger partial charge in [-0.25, -0.2) is 0 Å². The molecule has 1 aromatic heterocycles. The van der Waals surface area contributed by atoms with E-state index in [9.17, 15) is 4.79 Å². The van der Waals surface area contributed by atoms with Crippen LogP contribution in [0.5, 0.6) is 11.5 Å². The summed E-state index contributed by atoms with van der Waals surface area (Å²) < 4.78 is 14.2. The van der Waals surface area contributed by atoms with Gasteiger partial charge >= 0.3 is 0 Å². The number of ether oxygens (including phenoxy) is 2. The van der Waals surface area contributed by atoms with Crippen molar-refractivity contribution in [2.75, 3.05) is 0 Å². The second-order valence-electron chi connectivity index (χ2n) is 7.77. The van der Waals surface area contributed by atoms with E-state index >= 15 is 0 Å². The highest BCUT2D eigenvalue weighted by Gasteiger charge is 2.30. The van der Waals surface area contributed by atoms with E-state index in [4.69, 9.17) is 21.1 Å². The number of allylic oxidation sites excluding steroid dienone is 1. The maximum absolute atomic E-state index is 13.0. The number of halogens is 1. The zero-order valence-electron chi connectivity index (χ0n) is 17.9. The Morgan fingerprint density at radius 1 is 1.06 bits per heavy atom. The molecule has 0 fully saturated rings. The van der Waals surface area contributed by atoms with E-state index in [-0.39, 0.29) is 5.78 Å². The molecule has 1 aliphatic rings. The summed E-state index contributed by atoms with van der Waals surface area (Å²) in [5.74, 6) is 1.43. The Morgan fingerprint density at radius 3 is 2.66 bits per heavy atom. The minimum Gasteiger partial charge on any atom is -0.488 e. The minimum absolute atomic E-state index is 0.117. The minimum atomic E-state index is -0.117. The third kappa shape index (κ3) is 3.47. The topological polar surface area (TPSA) is 40.5 Å². The first-order chi connectivity index (χ1) is 15.6. The van der Waals surface area contributed by atoms with Gasteiger partial charge in [0, 0.05) is 45.4 Å². The van der Waals surface area contributed by atoms with Gasteiger partial charge < -0.3 is 14.0 Å². The third-order valence-electron chi connectivity index (χ3n) is 5.82. The smallest absolute Gasteiger partial charge is 0.231 e. The predicted molar refractivity (Wildman–Crippen MR) is 128 cm³/mol. The summed E-state index contributed by atoms with van der Waals surface area (Å²) in [6, 6.07) is 19.3. The number of nitrogens with zero attached hydrogens (tertiary/aromatic N) is 1. The van der Waals surface area contributed by atoms with E-state index in [0.29, 0.717) is 34.5 Å². The Kier molecular flexibility index (Phi) is 5.24. The standard InChI is InChI=1S/C27H22ClNO3/c1-3-29-15-19(20-9-5-7-11-23(20)29)14-25-26(30)21-12-13-24(17(2)27(21)32-25)31-16-18-8-4-6-10-22(18)28/h4-15H,3,16H2,1-2H3. The van der Waals surface area contributed by atoms with Gasteiger partial charge in [-0.3, -0.25) is 4.79 Å². The van der Waals surface area contributed by atoms with Crippen molar-refractivity contribution in [3.8, 4) is 11.5 Å². The second-order valence-corrected chi connectivity index (χ2v) is 8.18. The van der Waals surface area contributed by atoms with Crippen LogP contribution in [-0.2, 0) is 13.2 Å². The van der Waals surface area contributed by atoms with Crippen LogP contribution in [0.4, 0.5) is 0 Å². The maximum Gasteiger partial charge on any atom is 0.231 e. The number of para-hydroxylation sites is 1. The van der Waals surface area contributed by atoms with Gasteiger partial charge in [0.25, 0.3) is 0 Å². The summed E-state index contributed by atoms with van der Waals surface area (Å²) in [5.41, 5.74) is 4.35. The van der Waals surface area contributed by atoms with Gasteiger partial charge in [-0.1, -0.05) is 48.0 Å². The maximum atomic E-state index is 13.0. The van der Waals surface area contributed by atoms with E-state index in [1.807, 2.05) is 55.5 Å². The highest BCUT2D eigenvalue weighted by atomic mass is 35.5. The van der Waals surface area contributed by atoms with Crippen LogP contribution in [0.2, 0.25) is 5.02 Å². The van der Waals surface area contributed by atoms with E-state index in [1.54, 1.807) is 6.07 Å². The number of hydrogen-bond acceptors (Lipinski definition) is 3. The third-order valence-corrected chi connectivity index (χ3v) is 6.19. The van der Waals surface area contributed by atoms with Crippen molar-refractivity contribution >= 4 is 34.4 Å². The molecule has 0 saturated heterocycles. The molecular formula is C27H22ClNO3. The number of aryl methyl sites for hydroxylation is 1. The summed E-state index contributed by atoms with van der Waals surface area (Å²) in [6.45, 7) is 5.19. The molecule has 1 aliphatic heterocycles. The molecule has 32 heavy (non-hydrogen) atoms. The quantitative estimate of drug-likeness (QED) is 0.318. The SMILES string of the molecule is CCn1cc(C=C2Oc3c(ccc(OCc4ccccc4Cl)c3C)C2=O)c2ccccc21. The van der Waals surface area contributed by atoms with E-state index < -0.39 is 0 Å². The van der Waals surface area contributed by atoms with Gasteiger partial charge in [0.15, 0.2) is 5.76 Å². The Labute approximate surface area is 191 Å². The number of hydrogen-bond donors (Lipinski definition) is 0. The Balaban J connectivity index is 1.45. The highest BCUT2D eigenvalue weighted by Crippen LogP contribution is 2.40. The largest absolute Gasteiger partial charge is 0.488 e. The molecular weight excluding hydrogens is 422 g/mol. The van der Waals surface area contributed by atoms with Crippen LogP contribution < -0.4 is 9.47 Å². The molecule has 3 aromatic carbocycles. The van der Waals surface area contributed by atoms with Crippen molar-refractivity contribution in [1.82, 2.24) is 4.57 Å². The molecule has 2 heterocycles. The fourth-order valence-electron chi connectivity index (χ4n) is 4.09. The van der Waals surface area contributed by atoms with E-state index in [0.717, 1.165) is 34.1 Å². The van der Waals surface area contributed by atoms with Crippen LogP contribution in [0.1, 0.15) is 34.0 Å². The lowest BCUT2D eigenvalue weighted by Crippen LogP contribution is -1.99. The summed E-state index contributed by atoms with van der Waals surface area (Å²) in [5, 5.41) is 1.75. The molecule has 4 nitrogen and oxygen atoms in total. The molecule has 0 N–H and O–H groups in total. The molecule has 5 heteroatoms. The average Bonchev–Trinajstić information content (AvgIpc) is 3.33. The van der Waals surface area contributed by atoms with Crippen LogP contribution in [0, 0.1) is 6.92 Å². The first-order valence-corrected chi connectivity index (χ1v) is 11.0. The molecule has 0 saturated carbocycles. The zero-order valence-corrected chi connectivity index (χ0v) is 18.6. The summed E-state index contributed by atoms with van der Waals surface area (Å²) >= 11 is 6.23. The van der Waals surface area contributed by atoms with Crippen LogP contribution in [-0.4, -0.2) is 10.4 Å². The zero-order chi connectivity index (χ0) is 22.2. The lowest BCUT2D eigenvalue weighted by molar-refractivity contribution is 0.101. The number of benzene rings is 3. The normalized spacial score (nSPS) is 14.1. The molecule has 0 amide bonds. The van der Waals surface area contributed by atoms with Crippen LogP contribution in [0.3, 0.4) is 0 Å². The average molecular weight is 444 g/mol. The number of carbonyl (C=O) groups is 1. The van der Waals surface area contributed by atoms with Gasteiger partial charge in [0.05, 0.1) is 5.56 Å². The Hall–Kier alpha value is -3.50. The van der Waals surface area contributed by atoms with Crippen molar-refractivity contribution in [1.29, 1.82) is 0 Å². The molecule has 0 unspecified atom stereocenters. The number of carbonyl (C=O) groups excluding carboxylic acids is 1. The predicted octanol–water partition coefficient (Wildman–Crippen LogP) is 6.82. The fraction of sp³-hybridized carbons (Fsp3) is 0.148. The Bertz CT molecular complexity index is 1380. The molecule has 4 aromatic rings. The molecule has 0 bridgehead atoms. The lowest BCUT2D eigenvalue weighted by atomic mass is 10.1. The fourth-order valence-corrected chi connectivity index (χ4v) is 4.28. The van der Waals surface area contributed by atoms with Crippen LogP contribution >= 0.6 is 11.6 Å². The molecule has 0 spiro atoms. The summed E-state index contributed by atoms with van der Waals surface area (Å²) in [4.78, 5) is 13.0. The lowest BCUT2D eigenvalue weighted by Gasteiger charge is -2.12. The second kappa shape index (κ2) is 8.21. The van der Waals surface area contributed by atoms with Gasteiger partial charge in [-0.15, -0.1) is 0 Å². The summed E-state index contributed by atoms with van der Waals surface area (Å²) in [6.07, 6.45) is 3.89. The number of fused-ring (bicyclic) bond motifs is 2. The van der Waals surface area contributed by atoms with Crippen molar-refractivity contribution in [3.05, 3.63) is 99.9 Å². The number of aromatic nitrogens is 1. The Morgan fingerprint density at radius 2 is 1.84 bits per heavy atom. The van der Waals surface area contributed by atoms with Gasteiger partial charge in [-0.05, 0) is 44.2 Å². The molecule has 0 radical (unpaired) electrons. The molecule has 0 atom stereocenters. The molecule has 5 rings (SSSR count). The van der Waals surface area contributed by atoms with E-state index in [1.165, 1.54) is 0 Å². The van der Waals surface area contributed by atoms with Gasteiger partial charge in [0.1, 0.15) is 18.1 Å². The number of rotatable bonds is 5. The first-order valence-electron chi connectivity index (χ1n) is 10.6.